The monoisotopic (exact) mass is 389 g/mol. The lowest BCUT2D eigenvalue weighted by atomic mass is 10.2. The van der Waals surface area contributed by atoms with Crippen LogP contribution in [0.15, 0.2) is 46.1 Å². The molecule has 1 aliphatic heterocycles. The Morgan fingerprint density at radius 2 is 2.07 bits per heavy atom. The number of piperazine rings is 1. The fraction of sp³-hybridized carbons (Fsp3) is 0.500. The molecule has 2 aromatic rings. The van der Waals surface area contributed by atoms with Gasteiger partial charge in [0.25, 0.3) is 0 Å². The Morgan fingerprint density at radius 3 is 2.71 bits per heavy atom. The highest BCUT2D eigenvalue weighted by Gasteiger charge is 2.21. The maximum atomic E-state index is 13.8. The van der Waals surface area contributed by atoms with E-state index in [-0.39, 0.29) is 17.7 Å². The van der Waals surface area contributed by atoms with Gasteiger partial charge in [-0.2, -0.15) is 0 Å². The summed E-state index contributed by atoms with van der Waals surface area (Å²) in [6.45, 7) is 7.00. The highest BCUT2D eigenvalue weighted by atomic mass is 19.1. The van der Waals surface area contributed by atoms with Crippen molar-refractivity contribution in [2.45, 2.75) is 26.0 Å². The first kappa shape index (κ1) is 20.1. The Kier molecular flexibility index (Phi) is 7.25. The minimum atomic E-state index is -0.339. The molecule has 1 fully saturated rings. The number of ether oxygens (including phenoxy) is 1. The lowest BCUT2D eigenvalue weighted by Gasteiger charge is -2.36. The standard InChI is InChI=1S/C20H28FN5O2/c1-3-17(28-19-7-5-4-6-18(19)21)14-23-20(22-2)26-11-9-25(10-12-26)15-16-8-13-27-24-16/h4-8,13,17H,3,9-12,14-15H2,1-2H3,(H,22,23). The van der Waals surface area contributed by atoms with E-state index in [0.29, 0.717) is 6.54 Å². The Balaban J connectivity index is 1.47. The van der Waals surface area contributed by atoms with E-state index in [4.69, 9.17) is 9.26 Å². The number of aliphatic imine (C=N–C) groups is 1. The summed E-state index contributed by atoms with van der Waals surface area (Å²) >= 11 is 0. The van der Waals surface area contributed by atoms with Crippen LogP contribution in [0.25, 0.3) is 0 Å². The van der Waals surface area contributed by atoms with Gasteiger partial charge in [-0.25, -0.2) is 4.39 Å². The van der Waals surface area contributed by atoms with Crippen molar-refractivity contribution in [1.82, 2.24) is 20.3 Å². The largest absolute Gasteiger partial charge is 0.486 e. The van der Waals surface area contributed by atoms with Gasteiger partial charge in [-0.1, -0.05) is 24.2 Å². The maximum absolute atomic E-state index is 13.8. The topological polar surface area (TPSA) is 66.1 Å². The van der Waals surface area contributed by atoms with Crippen LogP contribution < -0.4 is 10.1 Å². The molecule has 1 aliphatic rings. The molecule has 0 aliphatic carbocycles. The number of para-hydroxylation sites is 1. The summed E-state index contributed by atoms with van der Waals surface area (Å²) in [5.41, 5.74) is 0.951. The van der Waals surface area contributed by atoms with Gasteiger partial charge in [0.1, 0.15) is 12.4 Å². The summed E-state index contributed by atoms with van der Waals surface area (Å²) < 4.78 is 24.5. The number of rotatable bonds is 7. The molecule has 0 spiro atoms. The molecule has 1 N–H and O–H groups in total. The molecule has 28 heavy (non-hydrogen) atoms. The first-order chi connectivity index (χ1) is 13.7. The molecular formula is C20H28FN5O2. The fourth-order valence-corrected chi connectivity index (χ4v) is 3.19. The molecular weight excluding hydrogens is 361 g/mol. The van der Waals surface area contributed by atoms with E-state index in [2.05, 4.69) is 25.3 Å². The van der Waals surface area contributed by atoms with E-state index in [1.807, 2.05) is 13.0 Å². The molecule has 0 bridgehead atoms. The van der Waals surface area contributed by atoms with Crippen LogP contribution in [0.5, 0.6) is 5.75 Å². The normalized spacial score (nSPS) is 16.8. The molecule has 3 rings (SSSR count). The van der Waals surface area contributed by atoms with Gasteiger partial charge in [-0.3, -0.25) is 9.89 Å². The number of nitrogens with zero attached hydrogens (tertiary/aromatic N) is 4. The fourth-order valence-electron chi connectivity index (χ4n) is 3.19. The Labute approximate surface area is 165 Å². The van der Waals surface area contributed by atoms with Crippen LogP contribution in [0.1, 0.15) is 19.0 Å². The Hall–Kier alpha value is -2.61. The van der Waals surface area contributed by atoms with Crippen molar-refractivity contribution in [3.05, 3.63) is 48.1 Å². The van der Waals surface area contributed by atoms with Crippen molar-refractivity contribution in [1.29, 1.82) is 0 Å². The summed E-state index contributed by atoms with van der Waals surface area (Å²) in [7, 11) is 1.78. The van der Waals surface area contributed by atoms with Crippen molar-refractivity contribution >= 4 is 5.96 Å². The average Bonchev–Trinajstić information content (AvgIpc) is 3.23. The smallest absolute Gasteiger partial charge is 0.193 e. The van der Waals surface area contributed by atoms with Crippen molar-refractivity contribution in [2.24, 2.45) is 4.99 Å². The average molecular weight is 389 g/mol. The van der Waals surface area contributed by atoms with E-state index in [1.165, 1.54) is 6.07 Å². The summed E-state index contributed by atoms with van der Waals surface area (Å²) in [5, 5.41) is 7.35. The minimum Gasteiger partial charge on any atom is -0.486 e. The number of nitrogens with one attached hydrogen (secondary N) is 1. The van der Waals surface area contributed by atoms with Crippen LogP contribution in [0, 0.1) is 5.82 Å². The van der Waals surface area contributed by atoms with E-state index >= 15 is 0 Å². The van der Waals surface area contributed by atoms with Crippen molar-refractivity contribution in [3.8, 4) is 5.75 Å². The number of aromatic nitrogens is 1. The molecule has 0 radical (unpaired) electrons. The summed E-state index contributed by atoms with van der Waals surface area (Å²) in [6.07, 6.45) is 2.23. The second-order valence-electron chi connectivity index (χ2n) is 6.76. The molecule has 0 amide bonds. The van der Waals surface area contributed by atoms with Crippen LogP contribution in [0.4, 0.5) is 4.39 Å². The van der Waals surface area contributed by atoms with Gasteiger partial charge in [0.15, 0.2) is 17.5 Å². The lowest BCUT2D eigenvalue weighted by molar-refractivity contribution is 0.164. The number of benzene rings is 1. The molecule has 2 heterocycles. The first-order valence-corrected chi connectivity index (χ1v) is 9.68. The van der Waals surface area contributed by atoms with Crippen LogP contribution in [-0.4, -0.2) is 66.8 Å². The Morgan fingerprint density at radius 1 is 1.29 bits per heavy atom. The van der Waals surface area contributed by atoms with E-state index in [0.717, 1.165) is 50.8 Å². The summed E-state index contributed by atoms with van der Waals surface area (Å²) in [6, 6.07) is 8.39. The zero-order chi connectivity index (χ0) is 19.8. The molecule has 1 unspecified atom stereocenters. The predicted octanol–water partition coefficient (Wildman–Crippen LogP) is 2.36. The van der Waals surface area contributed by atoms with Crippen LogP contribution in [0.2, 0.25) is 0 Å². The highest BCUT2D eigenvalue weighted by Crippen LogP contribution is 2.18. The summed E-state index contributed by atoms with van der Waals surface area (Å²) in [5.74, 6) is 0.790. The molecule has 1 aromatic heterocycles. The molecule has 8 heteroatoms. The van der Waals surface area contributed by atoms with Crippen LogP contribution in [0.3, 0.4) is 0 Å². The van der Waals surface area contributed by atoms with Gasteiger partial charge >= 0.3 is 0 Å². The molecule has 1 atom stereocenters. The van der Waals surface area contributed by atoms with Crippen LogP contribution in [-0.2, 0) is 6.54 Å². The van der Waals surface area contributed by atoms with Gasteiger partial charge < -0.3 is 19.5 Å². The van der Waals surface area contributed by atoms with Crippen molar-refractivity contribution < 1.29 is 13.7 Å². The summed E-state index contributed by atoms with van der Waals surface area (Å²) in [4.78, 5) is 8.98. The van der Waals surface area contributed by atoms with Gasteiger partial charge in [0.2, 0.25) is 0 Å². The van der Waals surface area contributed by atoms with Gasteiger partial charge in [0.05, 0.1) is 12.2 Å². The van der Waals surface area contributed by atoms with Crippen molar-refractivity contribution in [2.75, 3.05) is 39.8 Å². The zero-order valence-corrected chi connectivity index (χ0v) is 16.5. The second-order valence-corrected chi connectivity index (χ2v) is 6.76. The quantitative estimate of drug-likeness (QED) is 0.579. The number of hydrogen-bond donors (Lipinski definition) is 1. The SMILES string of the molecule is CCC(CNC(=NC)N1CCN(Cc2ccon2)CC1)Oc1ccccc1F. The highest BCUT2D eigenvalue weighted by molar-refractivity contribution is 5.80. The van der Waals surface area contributed by atoms with Crippen LogP contribution >= 0.6 is 0 Å². The predicted molar refractivity (Wildman–Crippen MR) is 106 cm³/mol. The molecule has 7 nitrogen and oxygen atoms in total. The van der Waals surface area contributed by atoms with E-state index in [9.17, 15) is 4.39 Å². The molecule has 0 saturated carbocycles. The molecule has 1 saturated heterocycles. The Bertz CT molecular complexity index is 745. The number of hydrogen-bond acceptors (Lipinski definition) is 5. The molecule has 152 valence electrons. The minimum absolute atomic E-state index is 0.137. The van der Waals surface area contributed by atoms with E-state index < -0.39 is 0 Å². The van der Waals surface area contributed by atoms with Gasteiger partial charge in [-0.15, -0.1) is 0 Å². The van der Waals surface area contributed by atoms with Crippen molar-refractivity contribution in [3.63, 3.8) is 0 Å². The third-order valence-corrected chi connectivity index (χ3v) is 4.83. The van der Waals surface area contributed by atoms with E-state index in [1.54, 1.807) is 31.5 Å². The maximum Gasteiger partial charge on any atom is 0.193 e. The lowest BCUT2D eigenvalue weighted by Crippen LogP contribution is -2.53. The first-order valence-electron chi connectivity index (χ1n) is 9.68. The van der Waals surface area contributed by atoms with Gasteiger partial charge in [0, 0.05) is 45.8 Å². The number of guanidine groups is 1. The molecule has 1 aromatic carbocycles. The second kappa shape index (κ2) is 10.1. The third-order valence-electron chi connectivity index (χ3n) is 4.83. The number of halogens is 1. The third kappa shape index (κ3) is 5.45. The zero-order valence-electron chi connectivity index (χ0n) is 16.5. The van der Waals surface area contributed by atoms with Gasteiger partial charge in [-0.05, 0) is 18.6 Å².